The van der Waals surface area contributed by atoms with E-state index in [2.05, 4.69) is 29.6 Å². The van der Waals surface area contributed by atoms with E-state index in [0.717, 1.165) is 18.5 Å². The fourth-order valence-electron chi connectivity index (χ4n) is 2.57. The Balaban J connectivity index is 1.58. The summed E-state index contributed by atoms with van der Waals surface area (Å²) < 4.78 is 13.2. The van der Waals surface area contributed by atoms with Gasteiger partial charge in [-0.15, -0.1) is 0 Å². The van der Waals surface area contributed by atoms with Crippen LogP contribution in [-0.4, -0.2) is 11.1 Å². The molecule has 0 aliphatic heterocycles. The fourth-order valence-corrected chi connectivity index (χ4v) is 2.57. The summed E-state index contributed by atoms with van der Waals surface area (Å²) in [6.07, 6.45) is 2.12. The zero-order valence-corrected chi connectivity index (χ0v) is 10.5. The summed E-state index contributed by atoms with van der Waals surface area (Å²) >= 11 is 0. The Morgan fingerprint density at radius 2 is 1.79 bits per heavy atom. The average Bonchev–Trinajstić information content (AvgIpc) is 2.38. The minimum Gasteiger partial charge on any atom is -0.505 e. The number of halogens is 1. The molecular formula is C16H16FNO. The first-order valence-electron chi connectivity index (χ1n) is 6.52. The molecule has 0 bridgehead atoms. The predicted octanol–water partition coefficient (Wildman–Crippen LogP) is 3.89. The molecule has 1 aliphatic carbocycles. The largest absolute Gasteiger partial charge is 0.505 e. The van der Waals surface area contributed by atoms with Gasteiger partial charge in [0.2, 0.25) is 0 Å². The molecule has 2 nitrogen and oxygen atoms in total. The smallest absolute Gasteiger partial charge is 0.166 e. The van der Waals surface area contributed by atoms with Gasteiger partial charge in [-0.2, -0.15) is 0 Å². The second kappa shape index (κ2) is 4.92. The Hall–Kier alpha value is -2.03. The van der Waals surface area contributed by atoms with Crippen molar-refractivity contribution in [3.63, 3.8) is 0 Å². The summed E-state index contributed by atoms with van der Waals surface area (Å²) in [6.45, 7) is 0. The number of nitrogens with one attached hydrogen (secondary N) is 1. The summed E-state index contributed by atoms with van der Waals surface area (Å²) in [7, 11) is 0. The van der Waals surface area contributed by atoms with Crippen LogP contribution in [0.3, 0.4) is 0 Å². The molecule has 1 aliphatic rings. The maximum absolute atomic E-state index is 13.2. The van der Waals surface area contributed by atoms with Crippen LogP contribution in [0.25, 0.3) is 0 Å². The fraction of sp³-hybridized carbons (Fsp3) is 0.250. The van der Waals surface area contributed by atoms with Gasteiger partial charge in [0.1, 0.15) is 0 Å². The first kappa shape index (κ1) is 12.0. The number of rotatable bonds is 3. The van der Waals surface area contributed by atoms with Gasteiger partial charge in [0, 0.05) is 17.8 Å². The summed E-state index contributed by atoms with van der Waals surface area (Å²) in [5, 5.41) is 12.4. The van der Waals surface area contributed by atoms with Gasteiger partial charge in [0.25, 0.3) is 0 Å². The van der Waals surface area contributed by atoms with Crippen molar-refractivity contribution in [2.75, 3.05) is 5.32 Å². The highest BCUT2D eigenvalue weighted by molar-refractivity contribution is 5.48. The highest BCUT2D eigenvalue weighted by Gasteiger charge is 2.30. The van der Waals surface area contributed by atoms with E-state index in [1.807, 2.05) is 6.07 Å². The molecule has 19 heavy (non-hydrogen) atoms. The first-order chi connectivity index (χ1) is 9.22. The van der Waals surface area contributed by atoms with Crippen molar-refractivity contribution >= 4 is 5.69 Å². The zero-order valence-electron chi connectivity index (χ0n) is 10.5. The molecule has 0 heterocycles. The first-order valence-corrected chi connectivity index (χ1v) is 6.52. The van der Waals surface area contributed by atoms with Gasteiger partial charge in [0.05, 0.1) is 0 Å². The topological polar surface area (TPSA) is 32.3 Å². The van der Waals surface area contributed by atoms with Crippen molar-refractivity contribution in [3.8, 4) is 5.75 Å². The van der Waals surface area contributed by atoms with Crippen molar-refractivity contribution in [1.29, 1.82) is 0 Å². The number of anilines is 1. The average molecular weight is 257 g/mol. The molecule has 1 fully saturated rings. The van der Waals surface area contributed by atoms with Crippen molar-refractivity contribution in [2.24, 2.45) is 0 Å². The number of benzene rings is 2. The van der Waals surface area contributed by atoms with E-state index in [0.29, 0.717) is 12.0 Å². The highest BCUT2D eigenvalue weighted by atomic mass is 19.1. The number of hydrogen-bond donors (Lipinski definition) is 2. The van der Waals surface area contributed by atoms with Gasteiger partial charge in [-0.3, -0.25) is 0 Å². The molecule has 2 aromatic rings. The second-order valence-electron chi connectivity index (χ2n) is 5.09. The standard InChI is InChI=1S/C16H16FNO/c17-15-10-13(6-7-16(15)19)18-14-8-12(9-14)11-4-2-1-3-5-11/h1-7,10,12,14,18-19H,8-9H2. The lowest BCUT2D eigenvalue weighted by molar-refractivity contribution is 0.374. The van der Waals surface area contributed by atoms with Crippen LogP contribution in [-0.2, 0) is 0 Å². The van der Waals surface area contributed by atoms with Gasteiger partial charge in [-0.05, 0) is 36.5 Å². The lowest BCUT2D eigenvalue weighted by Gasteiger charge is -2.37. The van der Waals surface area contributed by atoms with E-state index < -0.39 is 5.82 Å². The van der Waals surface area contributed by atoms with Gasteiger partial charge >= 0.3 is 0 Å². The highest BCUT2D eigenvalue weighted by Crippen LogP contribution is 2.38. The zero-order chi connectivity index (χ0) is 13.2. The molecule has 2 N–H and O–H groups in total. The van der Waals surface area contributed by atoms with E-state index >= 15 is 0 Å². The lowest BCUT2D eigenvalue weighted by Crippen LogP contribution is -2.33. The molecule has 1 saturated carbocycles. The molecular weight excluding hydrogens is 241 g/mol. The Morgan fingerprint density at radius 1 is 1.05 bits per heavy atom. The van der Waals surface area contributed by atoms with Gasteiger partial charge in [-0.25, -0.2) is 4.39 Å². The Bertz CT molecular complexity index is 564. The van der Waals surface area contributed by atoms with Crippen LogP contribution in [0.2, 0.25) is 0 Å². The van der Waals surface area contributed by atoms with Crippen LogP contribution < -0.4 is 5.32 Å². The number of phenols is 1. The van der Waals surface area contributed by atoms with E-state index in [1.165, 1.54) is 17.7 Å². The summed E-state index contributed by atoms with van der Waals surface area (Å²) in [5.41, 5.74) is 2.10. The third-order valence-electron chi connectivity index (χ3n) is 3.73. The number of hydrogen-bond acceptors (Lipinski definition) is 2. The normalized spacial score (nSPS) is 21.7. The SMILES string of the molecule is Oc1ccc(NC2CC(c3ccccc3)C2)cc1F. The maximum Gasteiger partial charge on any atom is 0.166 e. The Labute approximate surface area is 111 Å². The second-order valence-corrected chi connectivity index (χ2v) is 5.09. The molecule has 0 aromatic heterocycles. The molecule has 0 radical (unpaired) electrons. The van der Waals surface area contributed by atoms with E-state index in [4.69, 9.17) is 5.11 Å². The van der Waals surface area contributed by atoms with Crippen LogP contribution >= 0.6 is 0 Å². The van der Waals surface area contributed by atoms with Crippen LogP contribution in [0.1, 0.15) is 24.3 Å². The predicted molar refractivity (Wildman–Crippen MR) is 73.9 cm³/mol. The minimum atomic E-state index is -0.580. The van der Waals surface area contributed by atoms with Crippen molar-refractivity contribution in [2.45, 2.75) is 24.8 Å². The van der Waals surface area contributed by atoms with Crippen molar-refractivity contribution in [3.05, 3.63) is 59.9 Å². The summed E-state index contributed by atoms with van der Waals surface area (Å²) in [6, 6.07) is 15.3. The maximum atomic E-state index is 13.2. The van der Waals surface area contributed by atoms with Crippen LogP contribution in [0, 0.1) is 5.82 Å². The third kappa shape index (κ3) is 2.55. The minimum absolute atomic E-state index is 0.304. The molecule has 0 spiro atoms. The van der Waals surface area contributed by atoms with Crippen LogP contribution in [0.5, 0.6) is 5.75 Å². The van der Waals surface area contributed by atoms with Crippen molar-refractivity contribution in [1.82, 2.24) is 0 Å². The van der Waals surface area contributed by atoms with E-state index in [1.54, 1.807) is 6.07 Å². The molecule has 0 atom stereocenters. The Kier molecular flexibility index (Phi) is 3.11. The monoisotopic (exact) mass is 257 g/mol. The van der Waals surface area contributed by atoms with Crippen LogP contribution in [0.4, 0.5) is 10.1 Å². The quantitative estimate of drug-likeness (QED) is 0.818. The van der Waals surface area contributed by atoms with E-state index in [9.17, 15) is 4.39 Å². The third-order valence-corrected chi connectivity index (χ3v) is 3.73. The molecule has 3 rings (SSSR count). The number of phenolic OH excluding ortho intramolecular Hbond substituents is 1. The lowest BCUT2D eigenvalue weighted by atomic mass is 9.76. The molecule has 2 aromatic carbocycles. The number of aromatic hydroxyl groups is 1. The van der Waals surface area contributed by atoms with Crippen LogP contribution in [0.15, 0.2) is 48.5 Å². The molecule has 98 valence electrons. The van der Waals surface area contributed by atoms with Gasteiger partial charge in [0.15, 0.2) is 11.6 Å². The summed E-state index contributed by atoms with van der Waals surface area (Å²) in [4.78, 5) is 0. The van der Waals surface area contributed by atoms with Gasteiger partial charge in [-0.1, -0.05) is 30.3 Å². The van der Waals surface area contributed by atoms with E-state index in [-0.39, 0.29) is 5.75 Å². The van der Waals surface area contributed by atoms with Gasteiger partial charge < -0.3 is 10.4 Å². The summed E-state index contributed by atoms with van der Waals surface area (Å²) in [5.74, 6) is -0.286. The molecule has 0 saturated heterocycles. The molecule has 0 amide bonds. The molecule has 0 unspecified atom stereocenters. The Morgan fingerprint density at radius 3 is 2.47 bits per heavy atom. The van der Waals surface area contributed by atoms with Crippen molar-refractivity contribution < 1.29 is 9.50 Å². The molecule has 3 heteroatoms.